The summed E-state index contributed by atoms with van der Waals surface area (Å²) in [6.07, 6.45) is 3.35. The molecule has 0 bridgehead atoms. The molecule has 0 spiro atoms. The van der Waals surface area contributed by atoms with Gasteiger partial charge < -0.3 is 8.83 Å². The van der Waals surface area contributed by atoms with Crippen LogP contribution < -0.4 is 0 Å². The molecule has 0 aromatic carbocycles. The van der Waals surface area contributed by atoms with Crippen molar-refractivity contribution in [2.45, 2.75) is 52.4 Å². The van der Waals surface area contributed by atoms with Crippen LogP contribution in [0.1, 0.15) is 52.9 Å². The van der Waals surface area contributed by atoms with Crippen LogP contribution in [0, 0.1) is 0 Å². The van der Waals surface area contributed by atoms with Gasteiger partial charge in [0, 0.05) is 36.6 Å². The number of aromatic nitrogens is 3. The van der Waals surface area contributed by atoms with Crippen LogP contribution in [0.15, 0.2) is 36.4 Å². The van der Waals surface area contributed by atoms with Gasteiger partial charge in [0.15, 0.2) is 0 Å². The SMILES string of the molecule is CC(C)(C)c1coc(-c2nc(-c3nc(C(C)(C)C)co3)c(Br)cc2Br)n1.[Co]. The molecule has 3 aromatic heterocycles. The van der Waals surface area contributed by atoms with E-state index in [1.165, 1.54) is 0 Å². The zero-order valence-corrected chi connectivity index (χ0v) is 20.2. The van der Waals surface area contributed by atoms with Crippen molar-refractivity contribution >= 4 is 31.9 Å². The van der Waals surface area contributed by atoms with Crippen LogP contribution in [0.4, 0.5) is 0 Å². The van der Waals surface area contributed by atoms with Crippen molar-refractivity contribution in [3.05, 3.63) is 38.9 Å². The van der Waals surface area contributed by atoms with Gasteiger partial charge in [-0.2, -0.15) is 0 Å². The average molecular weight is 542 g/mol. The summed E-state index contributed by atoms with van der Waals surface area (Å²) < 4.78 is 12.9. The monoisotopic (exact) mass is 540 g/mol. The molecular weight excluding hydrogens is 521 g/mol. The first kappa shape index (κ1) is 22.3. The second-order valence-corrected chi connectivity index (χ2v) is 9.93. The Morgan fingerprint density at radius 1 is 0.704 bits per heavy atom. The van der Waals surface area contributed by atoms with Crippen LogP contribution in [0.3, 0.4) is 0 Å². The maximum atomic E-state index is 5.68. The molecule has 0 unspecified atom stereocenters. The van der Waals surface area contributed by atoms with Gasteiger partial charge in [-0.1, -0.05) is 41.5 Å². The molecule has 3 heterocycles. The Bertz CT molecular complexity index is 879. The smallest absolute Gasteiger partial charge is 0.246 e. The summed E-state index contributed by atoms with van der Waals surface area (Å²) in [5.41, 5.74) is 2.75. The molecule has 0 aliphatic rings. The molecule has 5 nitrogen and oxygen atoms in total. The summed E-state index contributed by atoms with van der Waals surface area (Å²) in [4.78, 5) is 13.9. The molecule has 3 aromatic rings. The molecule has 0 N–H and O–H groups in total. The minimum absolute atomic E-state index is 0. The first-order valence-electron chi connectivity index (χ1n) is 8.25. The second-order valence-electron chi connectivity index (χ2n) is 8.23. The molecule has 8 heteroatoms. The largest absolute Gasteiger partial charge is 0.443 e. The van der Waals surface area contributed by atoms with E-state index in [1.807, 2.05) is 6.07 Å². The van der Waals surface area contributed by atoms with E-state index >= 15 is 0 Å². The first-order valence-corrected chi connectivity index (χ1v) is 9.84. The fourth-order valence-corrected chi connectivity index (χ4v) is 3.50. The minimum Gasteiger partial charge on any atom is -0.443 e. The Labute approximate surface area is 186 Å². The van der Waals surface area contributed by atoms with Crippen molar-refractivity contribution in [3.8, 4) is 23.2 Å². The predicted molar refractivity (Wildman–Crippen MR) is 108 cm³/mol. The summed E-state index contributed by atoms with van der Waals surface area (Å²) in [7, 11) is 0. The van der Waals surface area contributed by atoms with E-state index in [4.69, 9.17) is 13.8 Å². The molecule has 0 aliphatic heterocycles. The fraction of sp³-hybridized carbons (Fsp3) is 0.421. The first-order chi connectivity index (χ1) is 12.0. The summed E-state index contributed by atoms with van der Waals surface area (Å²) >= 11 is 7.09. The molecule has 1 radical (unpaired) electrons. The normalized spacial score (nSPS) is 12.1. The van der Waals surface area contributed by atoms with Crippen molar-refractivity contribution in [2.24, 2.45) is 0 Å². The zero-order valence-electron chi connectivity index (χ0n) is 16.0. The number of hydrogen-bond donors (Lipinski definition) is 0. The van der Waals surface area contributed by atoms with Gasteiger partial charge in [0.2, 0.25) is 11.8 Å². The van der Waals surface area contributed by atoms with Crippen molar-refractivity contribution in [3.63, 3.8) is 0 Å². The number of nitrogens with zero attached hydrogens (tertiary/aromatic N) is 3. The molecule has 0 aliphatic carbocycles. The molecular formula is C19H21Br2CoN3O2. The number of halogens is 2. The third kappa shape index (κ3) is 4.72. The van der Waals surface area contributed by atoms with E-state index in [2.05, 4.69) is 83.4 Å². The minimum atomic E-state index is -0.101. The number of oxazole rings is 2. The van der Waals surface area contributed by atoms with Gasteiger partial charge in [0.1, 0.15) is 23.9 Å². The number of pyridine rings is 1. The summed E-state index contributed by atoms with van der Waals surface area (Å²) in [6, 6.07) is 1.90. The van der Waals surface area contributed by atoms with Crippen LogP contribution >= 0.6 is 31.9 Å². The van der Waals surface area contributed by atoms with E-state index in [0.29, 0.717) is 23.2 Å². The van der Waals surface area contributed by atoms with Crippen molar-refractivity contribution in [2.75, 3.05) is 0 Å². The van der Waals surface area contributed by atoms with Gasteiger partial charge in [0.05, 0.1) is 11.4 Å². The summed E-state index contributed by atoms with van der Waals surface area (Å²) in [6.45, 7) is 12.5. The van der Waals surface area contributed by atoms with Crippen LogP contribution in [0.25, 0.3) is 23.2 Å². The standard InChI is InChI=1S/C19H21Br2N3O2.Co/c1-18(2,3)12-8-25-16(22-12)14-10(20)7-11(21)15(24-14)17-23-13(9-26-17)19(4,5)6;/h7-9H,1-6H3;. The van der Waals surface area contributed by atoms with Crippen LogP contribution in [-0.4, -0.2) is 15.0 Å². The van der Waals surface area contributed by atoms with Crippen molar-refractivity contribution in [1.29, 1.82) is 0 Å². The van der Waals surface area contributed by atoms with Crippen LogP contribution in [-0.2, 0) is 27.6 Å². The molecule has 0 saturated heterocycles. The number of rotatable bonds is 2. The molecule has 3 rings (SSSR count). The maximum Gasteiger partial charge on any atom is 0.246 e. The number of hydrogen-bond acceptors (Lipinski definition) is 5. The molecule has 0 saturated carbocycles. The van der Waals surface area contributed by atoms with Gasteiger partial charge in [-0.25, -0.2) is 15.0 Å². The van der Waals surface area contributed by atoms with Crippen molar-refractivity contribution < 1.29 is 25.6 Å². The second kappa shape index (κ2) is 7.81. The quantitative estimate of drug-likeness (QED) is 0.370. The van der Waals surface area contributed by atoms with Gasteiger partial charge in [-0.15, -0.1) is 0 Å². The molecule has 27 heavy (non-hydrogen) atoms. The third-order valence-electron chi connectivity index (χ3n) is 3.88. The van der Waals surface area contributed by atoms with Crippen LogP contribution in [0.5, 0.6) is 0 Å². The Hall–Kier alpha value is -0.964. The van der Waals surface area contributed by atoms with E-state index in [-0.39, 0.29) is 27.6 Å². The van der Waals surface area contributed by atoms with E-state index in [0.717, 1.165) is 20.3 Å². The molecule has 0 amide bonds. The fourth-order valence-electron chi connectivity index (χ4n) is 2.22. The molecule has 147 valence electrons. The van der Waals surface area contributed by atoms with Gasteiger partial charge in [0.25, 0.3) is 0 Å². The average Bonchev–Trinajstić information content (AvgIpc) is 3.15. The van der Waals surface area contributed by atoms with E-state index < -0.39 is 0 Å². The summed E-state index contributed by atoms with van der Waals surface area (Å²) in [5, 5.41) is 0. The Morgan fingerprint density at radius 2 is 1.07 bits per heavy atom. The maximum absolute atomic E-state index is 5.68. The topological polar surface area (TPSA) is 65.0 Å². The van der Waals surface area contributed by atoms with E-state index in [1.54, 1.807) is 12.5 Å². The third-order valence-corrected chi connectivity index (χ3v) is 5.09. The predicted octanol–water partition coefficient (Wildman–Crippen LogP) is 6.51. The molecule has 0 atom stereocenters. The van der Waals surface area contributed by atoms with Crippen molar-refractivity contribution in [1.82, 2.24) is 15.0 Å². The van der Waals surface area contributed by atoms with Gasteiger partial charge in [-0.05, 0) is 37.9 Å². The van der Waals surface area contributed by atoms with Crippen LogP contribution in [0.2, 0.25) is 0 Å². The Balaban J connectivity index is 0.00000261. The van der Waals surface area contributed by atoms with E-state index in [9.17, 15) is 0 Å². The molecule has 0 fully saturated rings. The van der Waals surface area contributed by atoms with Gasteiger partial charge in [-0.3, -0.25) is 0 Å². The van der Waals surface area contributed by atoms with Gasteiger partial charge >= 0.3 is 0 Å². The zero-order chi connectivity index (χ0) is 19.3. The Kier molecular flexibility index (Phi) is 6.46. The Morgan fingerprint density at radius 3 is 1.37 bits per heavy atom. The summed E-state index contributed by atoms with van der Waals surface area (Å²) in [5.74, 6) is 0.913.